The Morgan fingerprint density at radius 3 is 2.62 bits per heavy atom. The van der Waals surface area contributed by atoms with Crippen molar-refractivity contribution in [3.8, 4) is 0 Å². The third kappa shape index (κ3) is 3.67. The summed E-state index contributed by atoms with van der Waals surface area (Å²) in [5.74, 6) is 1.07. The summed E-state index contributed by atoms with van der Waals surface area (Å²) in [5, 5.41) is 0.252. The number of carbonyl (C=O) groups is 1. The number of halogens is 1. The number of esters is 1. The molecule has 1 saturated carbocycles. The minimum atomic E-state index is -0.526. The first-order chi connectivity index (χ1) is 11.6. The van der Waals surface area contributed by atoms with Gasteiger partial charge in [-0.05, 0) is 24.8 Å². The van der Waals surface area contributed by atoms with Gasteiger partial charge >= 0.3 is 5.97 Å². The molecule has 1 aromatic carbocycles. The zero-order valence-electron chi connectivity index (χ0n) is 13.8. The lowest BCUT2D eigenvalue weighted by Gasteiger charge is -2.21. The standard InChI is InChI=1S/C18H20ClN3O2/c1-22(11-10-12-6-4-3-5-7-12)17-14(19)15(18(23)24-2)20-16(21-17)13-8-9-13/h3-7,13H,8-11H2,1-2H3. The van der Waals surface area contributed by atoms with Crippen LogP contribution in [-0.2, 0) is 11.2 Å². The fourth-order valence-corrected chi connectivity index (χ4v) is 2.81. The minimum absolute atomic E-state index is 0.151. The maximum absolute atomic E-state index is 12.0. The maximum Gasteiger partial charge on any atom is 0.358 e. The van der Waals surface area contributed by atoms with Gasteiger partial charge in [0.05, 0.1) is 7.11 Å². The van der Waals surface area contributed by atoms with E-state index in [1.165, 1.54) is 12.7 Å². The molecule has 6 heteroatoms. The van der Waals surface area contributed by atoms with Crippen molar-refractivity contribution in [2.45, 2.75) is 25.2 Å². The third-order valence-electron chi connectivity index (χ3n) is 4.11. The van der Waals surface area contributed by atoms with Crippen LogP contribution < -0.4 is 4.90 Å². The van der Waals surface area contributed by atoms with Crippen molar-refractivity contribution in [3.63, 3.8) is 0 Å². The number of rotatable bonds is 6. The van der Waals surface area contributed by atoms with E-state index in [0.29, 0.717) is 17.6 Å². The normalized spacial score (nSPS) is 13.6. The van der Waals surface area contributed by atoms with E-state index in [9.17, 15) is 4.79 Å². The molecular formula is C18H20ClN3O2. The van der Waals surface area contributed by atoms with Crippen molar-refractivity contribution >= 4 is 23.4 Å². The van der Waals surface area contributed by atoms with Crippen LogP contribution in [0.25, 0.3) is 0 Å². The van der Waals surface area contributed by atoms with Gasteiger partial charge in [0.1, 0.15) is 10.8 Å². The van der Waals surface area contributed by atoms with E-state index in [0.717, 1.165) is 25.8 Å². The average Bonchev–Trinajstić information content (AvgIpc) is 3.45. The third-order valence-corrected chi connectivity index (χ3v) is 4.46. The molecule has 0 aliphatic heterocycles. The monoisotopic (exact) mass is 345 g/mol. The van der Waals surface area contributed by atoms with Crippen LogP contribution in [0.2, 0.25) is 5.02 Å². The summed E-state index contributed by atoms with van der Waals surface area (Å²) in [6, 6.07) is 10.2. The molecule has 126 valence electrons. The largest absolute Gasteiger partial charge is 0.464 e. The Morgan fingerprint density at radius 2 is 2.00 bits per heavy atom. The molecule has 3 rings (SSSR count). The zero-order valence-corrected chi connectivity index (χ0v) is 14.6. The van der Waals surface area contributed by atoms with Gasteiger partial charge in [-0.15, -0.1) is 0 Å². The van der Waals surface area contributed by atoms with Gasteiger partial charge < -0.3 is 9.64 Å². The highest BCUT2D eigenvalue weighted by atomic mass is 35.5. The van der Waals surface area contributed by atoms with E-state index in [2.05, 4.69) is 22.1 Å². The molecule has 0 amide bonds. The molecule has 1 aromatic heterocycles. The van der Waals surface area contributed by atoms with E-state index in [-0.39, 0.29) is 10.7 Å². The predicted octanol–water partition coefficient (Wildman–Crippen LogP) is 3.47. The highest BCUT2D eigenvalue weighted by Gasteiger charge is 2.30. The smallest absolute Gasteiger partial charge is 0.358 e. The minimum Gasteiger partial charge on any atom is -0.464 e. The van der Waals surface area contributed by atoms with Gasteiger partial charge in [0.2, 0.25) is 0 Å². The number of hydrogen-bond donors (Lipinski definition) is 0. The lowest BCUT2D eigenvalue weighted by molar-refractivity contribution is 0.0593. The molecule has 0 radical (unpaired) electrons. The maximum atomic E-state index is 12.0. The van der Waals surface area contributed by atoms with Crippen LogP contribution in [-0.4, -0.2) is 36.6 Å². The van der Waals surface area contributed by atoms with Crippen LogP contribution in [0.5, 0.6) is 0 Å². The quantitative estimate of drug-likeness (QED) is 0.750. The summed E-state index contributed by atoms with van der Waals surface area (Å²) >= 11 is 6.39. The van der Waals surface area contributed by atoms with Crippen molar-refractivity contribution in [1.82, 2.24) is 9.97 Å². The summed E-state index contributed by atoms with van der Waals surface area (Å²) in [7, 11) is 3.26. The number of nitrogens with zero attached hydrogens (tertiary/aromatic N) is 3. The van der Waals surface area contributed by atoms with E-state index >= 15 is 0 Å². The first-order valence-corrected chi connectivity index (χ1v) is 8.38. The van der Waals surface area contributed by atoms with Crippen LogP contribution >= 0.6 is 11.6 Å². The van der Waals surface area contributed by atoms with Crippen molar-refractivity contribution in [2.24, 2.45) is 0 Å². The van der Waals surface area contributed by atoms with E-state index in [1.807, 2.05) is 30.1 Å². The number of aromatic nitrogens is 2. The molecule has 1 fully saturated rings. The number of likely N-dealkylation sites (N-methyl/N-ethyl adjacent to an activating group) is 1. The molecule has 0 atom stereocenters. The van der Waals surface area contributed by atoms with Crippen LogP contribution in [0.15, 0.2) is 30.3 Å². The molecular weight excluding hydrogens is 326 g/mol. The lowest BCUT2D eigenvalue weighted by atomic mass is 10.1. The molecule has 0 unspecified atom stereocenters. The van der Waals surface area contributed by atoms with Crippen LogP contribution in [0.4, 0.5) is 5.82 Å². The van der Waals surface area contributed by atoms with Gasteiger partial charge in [-0.1, -0.05) is 41.9 Å². The number of methoxy groups -OCH3 is 1. The van der Waals surface area contributed by atoms with Gasteiger partial charge in [-0.2, -0.15) is 0 Å². The summed E-state index contributed by atoms with van der Waals surface area (Å²) in [4.78, 5) is 22.9. The van der Waals surface area contributed by atoms with E-state index in [4.69, 9.17) is 16.3 Å². The highest BCUT2D eigenvalue weighted by molar-refractivity contribution is 6.35. The molecule has 1 aliphatic carbocycles. The lowest BCUT2D eigenvalue weighted by Crippen LogP contribution is -2.24. The predicted molar refractivity (Wildman–Crippen MR) is 93.8 cm³/mol. The van der Waals surface area contributed by atoms with E-state index < -0.39 is 5.97 Å². The number of carbonyl (C=O) groups excluding carboxylic acids is 1. The first kappa shape index (κ1) is 16.7. The SMILES string of the molecule is COC(=O)c1nc(C2CC2)nc(N(C)CCc2ccccc2)c1Cl. The Labute approximate surface area is 146 Å². The second-order valence-corrected chi connectivity index (χ2v) is 6.37. The van der Waals surface area contributed by atoms with Crippen molar-refractivity contribution in [2.75, 3.05) is 25.6 Å². The Morgan fingerprint density at radius 1 is 1.29 bits per heavy atom. The van der Waals surface area contributed by atoms with Crippen LogP contribution in [0.1, 0.15) is 40.6 Å². The highest BCUT2D eigenvalue weighted by Crippen LogP contribution is 2.40. The molecule has 1 aliphatic rings. The van der Waals surface area contributed by atoms with E-state index in [1.54, 1.807) is 0 Å². The van der Waals surface area contributed by atoms with Crippen molar-refractivity contribution in [3.05, 3.63) is 52.4 Å². The van der Waals surface area contributed by atoms with Gasteiger partial charge in [0.25, 0.3) is 0 Å². The summed E-state index contributed by atoms with van der Waals surface area (Å²) in [6.45, 7) is 0.742. The van der Waals surface area contributed by atoms with Gasteiger partial charge in [-0.3, -0.25) is 0 Å². The summed E-state index contributed by atoms with van der Waals surface area (Å²) in [5.41, 5.74) is 1.39. The Balaban J connectivity index is 1.85. The second-order valence-electron chi connectivity index (χ2n) is 5.99. The van der Waals surface area contributed by atoms with Crippen LogP contribution in [0.3, 0.4) is 0 Å². The second kappa shape index (κ2) is 7.18. The molecule has 2 aromatic rings. The summed E-state index contributed by atoms with van der Waals surface area (Å²) < 4.78 is 4.80. The average molecular weight is 346 g/mol. The molecule has 5 nitrogen and oxygen atoms in total. The molecule has 0 saturated heterocycles. The Hall–Kier alpha value is -2.14. The number of hydrogen-bond acceptors (Lipinski definition) is 5. The Kier molecular flexibility index (Phi) is 5.00. The topological polar surface area (TPSA) is 55.3 Å². The fourth-order valence-electron chi connectivity index (χ4n) is 2.51. The zero-order chi connectivity index (χ0) is 17.1. The van der Waals surface area contributed by atoms with Crippen molar-refractivity contribution < 1.29 is 9.53 Å². The van der Waals surface area contributed by atoms with Gasteiger partial charge in [0, 0.05) is 19.5 Å². The molecule has 0 bridgehead atoms. The molecule has 1 heterocycles. The van der Waals surface area contributed by atoms with Gasteiger partial charge in [-0.25, -0.2) is 14.8 Å². The van der Waals surface area contributed by atoms with Crippen LogP contribution in [0, 0.1) is 0 Å². The first-order valence-electron chi connectivity index (χ1n) is 8.01. The Bertz CT molecular complexity index is 733. The molecule has 0 N–H and O–H groups in total. The van der Waals surface area contributed by atoms with Crippen molar-refractivity contribution in [1.29, 1.82) is 0 Å². The van der Waals surface area contributed by atoms with Gasteiger partial charge in [0.15, 0.2) is 11.5 Å². The molecule has 24 heavy (non-hydrogen) atoms. The number of benzene rings is 1. The summed E-state index contributed by atoms with van der Waals surface area (Å²) in [6.07, 6.45) is 2.97. The number of ether oxygens (including phenoxy) is 1. The molecule has 0 spiro atoms. The number of anilines is 1. The fraction of sp³-hybridized carbons (Fsp3) is 0.389.